The van der Waals surface area contributed by atoms with E-state index < -0.39 is 56.4 Å². The zero-order valence-corrected chi connectivity index (χ0v) is 27.1. The van der Waals surface area contributed by atoms with E-state index in [1.807, 2.05) is 30.3 Å². The number of ether oxygens (including phenoxy) is 1. The lowest BCUT2D eigenvalue weighted by atomic mass is 9.95. The Morgan fingerprint density at radius 1 is 0.740 bits per heavy atom. The number of rotatable bonds is 8. The quantitative estimate of drug-likeness (QED) is 0.0498. The summed E-state index contributed by atoms with van der Waals surface area (Å²) in [7, 11) is -4.41. The van der Waals surface area contributed by atoms with Gasteiger partial charge in [0.1, 0.15) is 29.6 Å². The van der Waals surface area contributed by atoms with Crippen LogP contribution < -0.4 is 15.4 Å². The molecule has 1 saturated heterocycles. The Morgan fingerprint density at radius 2 is 1.32 bits per heavy atom. The zero-order valence-electron chi connectivity index (χ0n) is 26.3. The van der Waals surface area contributed by atoms with Crippen molar-refractivity contribution >= 4 is 45.0 Å². The molecule has 4 aromatic carbocycles. The smallest absolute Gasteiger partial charge is 0.410 e. The van der Waals surface area contributed by atoms with Crippen LogP contribution in [-0.4, -0.2) is 68.0 Å². The molecule has 0 saturated carbocycles. The van der Waals surface area contributed by atoms with E-state index in [2.05, 4.69) is 15.4 Å². The second kappa shape index (κ2) is 14.2. The Hall–Kier alpha value is -6.09. The van der Waals surface area contributed by atoms with Gasteiger partial charge in [-0.15, -0.1) is 0 Å². The molecular formula is C35H30F2N6O6S. The monoisotopic (exact) mass is 700 g/mol. The van der Waals surface area contributed by atoms with Crippen molar-refractivity contribution < 1.29 is 36.3 Å². The number of carbonyl (C=O) groups excluding carboxylic acids is 3. The van der Waals surface area contributed by atoms with E-state index >= 15 is 0 Å². The summed E-state index contributed by atoms with van der Waals surface area (Å²) in [6, 6.07) is 23.0. The van der Waals surface area contributed by atoms with Crippen LogP contribution in [0.1, 0.15) is 26.3 Å². The van der Waals surface area contributed by atoms with Crippen molar-refractivity contribution in [3.8, 4) is 0 Å². The number of benzene rings is 4. The van der Waals surface area contributed by atoms with Crippen molar-refractivity contribution in [3.05, 3.63) is 137 Å². The summed E-state index contributed by atoms with van der Waals surface area (Å²) in [5, 5.41) is 14.3. The average Bonchev–Trinajstić information content (AvgIpc) is 3.54. The number of para-hydroxylation sites is 2. The van der Waals surface area contributed by atoms with Crippen molar-refractivity contribution in [2.75, 3.05) is 36.8 Å². The molecule has 1 fully saturated rings. The third-order valence-electron chi connectivity index (χ3n) is 7.97. The fourth-order valence-corrected chi connectivity index (χ4v) is 6.45. The second-order valence-corrected chi connectivity index (χ2v) is 13.0. The molecule has 2 aliphatic rings. The first-order chi connectivity index (χ1) is 24.0. The van der Waals surface area contributed by atoms with Gasteiger partial charge in [0, 0.05) is 43.4 Å². The Morgan fingerprint density at radius 3 is 1.96 bits per heavy atom. The van der Waals surface area contributed by atoms with E-state index in [1.54, 1.807) is 24.3 Å². The minimum atomic E-state index is -4.41. The van der Waals surface area contributed by atoms with Crippen LogP contribution in [0.15, 0.2) is 113 Å². The number of hydrogen-bond acceptors (Lipinski definition) is 9. The number of carbonyl (C=O) groups is 3. The molecule has 4 aromatic rings. The lowest BCUT2D eigenvalue weighted by Crippen LogP contribution is -2.54. The fraction of sp³-hybridized carbons (Fsp3) is 0.143. The molecule has 0 bridgehead atoms. The van der Waals surface area contributed by atoms with Crippen LogP contribution in [0.2, 0.25) is 0 Å². The van der Waals surface area contributed by atoms with Gasteiger partial charge in [0.2, 0.25) is 17.5 Å². The van der Waals surface area contributed by atoms with Gasteiger partial charge in [-0.05, 0) is 42.0 Å². The van der Waals surface area contributed by atoms with Crippen molar-refractivity contribution in [2.45, 2.75) is 11.5 Å². The average molecular weight is 701 g/mol. The summed E-state index contributed by atoms with van der Waals surface area (Å²) in [5.74, 6) is -4.47. The molecule has 50 heavy (non-hydrogen) atoms. The lowest BCUT2D eigenvalue weighted by Gasteiger charge is -2.35. The molecule has 6 rings (SSSR count). The van der Waals surface area contributed by atoms with Crippen LogP contribution >= 0.6 is 0 Å². The molecule has 12 nitrogen and oxygen atoms in total. The molecule has 0 spiro atoms. The molecule has 4 N–H and O–H groups in total. The highest BCUT2D eigenvalue weighted by atomic mass is 32.2. The van der Waals surface area contributed by atoms with Gasteiger partial charge in [0.15, 0.2) is 0 Å². The number of ketones is 2. The standard InChI is InChI=1S/C35H30F2N6O6S/c36-25-17-24(18-26(37)20-25)32(45)30(33-39-28-11-4-5-12-29(28)40-33)31(44)23-9-6-10-27(19-23)50(47,48)41-34(38)42-13-15-43(16-14-42)35(46)49-21-22-7-2-1-3-8-22/h1-12,17-20,39-40H,13-16,21H2,(H2,38,41). The van der Waals surface area contributed by atoms with Gasteiger partial charge in [-0.25, -0.2) is 26.7 Å². The Bertz CT molecular complexity index is 2090. The zero-order chi connectivity index (χ0) is 35.4. The van der Waals surface area contributed by atoms with E-state index in [1.165, 1.54) is 28.0 Å². The summed E-state index contributed by atoms with van der Waals surface area (Å²) < 4.78 is 62.5. The second-order valence-electron chi connectivity index (χ2n) is 11.4. The summed E-state index contributed by atoms with van der Waals surface area (Å²) >= 11 is 0. The predicted octanol–water partition coefficient (Wildman–Crippen LogP) is 4.95. The highest BCUT2D eigenvalue weighted by molar-refractivity contribution is 7.90. The highest BCUT2D eigenvalue weighted by Gasteiger charge is 2.31. The highest BCUT2D eigenvalue weighted by Crippen LogP contribution is 2.33. The molecule has 0 radical (unpaired) electrons. The molecule has 2 heterocycles. The predicted molar refractivity (Wildman–Crippen MR) is 180 cm³/mol. The number of sulfonamides is 1. The molecule has 0 unspecified atom stereocenters. The van der Waals surface area contributed by atoms with Gasteiger partial charge < -0.3 is 25.2 Å². The first kappa shape index (κ1) is 33.8. The normalized spacial score (nSPS) is 13.8. The van der Waals surface area contributed by atoms with E-state index in [-0.39, 0.29) is 49.1 Å². The number of nitrogens with one attached hydrogen (secondary N) is 4. The lowest BCUT2D eigenvalue weighted by molar-refractivity contribution is 0.0821. The number of allylic oxidation sites excluding steroid dienone is 1. The van der Waals surface area contributed by atoms with Crippen molar-refractivity contribution in [1.29, 1.82) is 5.41 Å². The number of Topliss-reactive ketones (excluding diaryl/α,β-unsaturated/α-hetero) is 2. The SMILES string of the molecule is N=C(NS(=O)(=O)c1cccc(C(=O)C(C(=O)c2cc(F)cc(F)c2)=C2Nc3ccccc3N2)c1)N1CCN(C(=O)OCc2ccccc2)CC1. The first-order valence-electron chi connectivity index (χ1n) is 15.3. The number of halogens is 2. The number of amides is 1. The topological polar surface area (TPSA) is 161 Å². The fourth-order valence-electron chi connectivity index (χ4n) is 5.41. The number of guanidine groups is 1. The van der Waals surface area contributed by atoms with Gasteiger partial charge in [-0.1, -0.05) is 54.6 Å². The number of anilines is 2. The maximum Gasteiger partial charge on any atom is 0.410 e. The van der Waals surface area contributed by atoms with Crippen LogP contribution in [0, 0.1) is 17.0 Å². The summed E-state index contributed by atoms with van der Waals surface area (Å²) in [4.78, 5) is 42.7. The molecule has 0 atom stereocenters. The van der Waals surface area contributed by atoms with Crippen LogP contribution in [0.5, 0.6) is 0 Å². The number of piperazine rings is 1. The Kier molecular flexibility index (Phi) is 9.58. The van der Waals surface area contributed by atoms with Crippen LogP contribution in [0.3, 0.4) is 0 Å². The van der Waals surface area contributed by atoms with Gasteiger partial charge in [0.25, 0.3) is 10.0 Å². The summed E-state index contributed by atoms with van der Waals surface area (Å²) in [5.41, 5.74) is 0.752. The van der Waals surface area contributed by atoms with Crippen molar-refractivity contribution in [1.82, 2.24) is 14.5 Å². The molecule has 2 aliphatic heterocycles. The number of fused-ring (bicyclic) bond motifs is 1. The first-order valence-corrected chi connectivity index (χ1v) is 16.8. The Balaban J connectivity index is 1.17. The van der Waals surface area contributed by atoms with Crippen molar-refractivity contribution in [2.24, 2.45) is 0 Å². The minimum absolute atomic E-state index is 0.0536. The van der Waals surface area contributed by atoms with E-state index in [4.69, 9.17) is 10.1 Å². The number of hydrogen-bond donors (Lipinski definition) is 4. The molecule has 1 amide bonds. The van der Waals surface area contributed by atoms with Gasteiger partial charge in [0.05, 0.1) is 16.3 Å². The maximum atomic E-state index is 14.1. The van der Waals surface area contributed by atoms with Crippen molar-refractivity contribution in [3.63, 3.8) is 0 Å². The van der Waals surface area contributed by atoms with Gasteiger partial charge in [-0.3, -0.25) is 15.0 Å². The Labute approximate surface area is 285 Å². The third kappa shape index (κ3) is 7.47. The largest absolute Gasteiger partial charge is 0.445 e. The van der Waals surface area contributed by atoms with Gasteiger partial charge in [-0.2, -0.15) is 0 Å². The maximum absolute atomic E-state index is 14.1. The van der Waals surface area contributed by atoms with Gasteiger partial charge >= 0.3 is 6.09 Å². The molecule has 256 valence electrons. The summed E-state index contributed by atoms with van der Waals surface area (Å²) in [6.07, 6.45) is -0.524. The summed E-state index contributed by atoms with van der Waals surface area (Å²) in [6.45, 7) is 0.793. The van der Waals surface area contributed by atoms with Crippen LogP contribution in [0.4, 0.5) is 25.0 Å². The third-order valence-corrected chi connectivity index (χ3v) is 9.31. The molecule has 0 aromatic heterocycles. The van der Waals surface area contributed by atoms with E-state index in [9.17, 15) is 31.6 Å². The van der Waals surface area contributed by atoms with Crippen LogP contribution in [-0.2, 0) is 21.4 Å². The van der Waals surface area contributed by atoms with Crippen LogP contribution in [0.25, 0.3) is 0 Å². The van der Waals surface area contributed by atoms with E-state index in [0.29, 0.717) is 17.4 Å². The van der Waals surface area contributed by atoms with E-state index in [0.717, 1.165) is 23.8 Å². The molecule has 15 heteroatoms. The minimum Gasteiger partial charge on any atom is -0.445 e. The number of nitrogens with zero attached hydrogens (tertiary/aromatic N) is 2. The molecular weight excluding hydrogens is 670 g/mol. The molecule has 0 aliphatic carbocycles.